The Morgan fingerprint density at radius 2 is 0.700 bits per heavy atom. The number of phosphoric acid groups is 1. The zero-order valence-corrected chi connectivity index (χ0v) is 51.9. The van der Waals surface area contributed by atoms with Crippen LogP contribution in [0.25, 0.3) is 0 Å². The maximum absolute atomic E-state index is 13.0. The van der Waals surface area contributed by atoms with Gasteiger partial charge < -0.3 is 24.2 Å². The lowest BCUT2D eigenvalue weighted by molar-refractivity contribution is -0.161. The van der Waals surface area contributed by atoms with Crippen LogP contribution in [0.5, 0.6) is 0 Å². The minimum absolute atomic E-state index is 0.0578. The van der Waals surface area contributed by atoms with Gasteiger partial charge in [-0.3, -0.25) is 23.4 Å². The quantitative estimate of drug-likeness (QED) is 0.0197. The van der Waals surface area contributed by atoms with E-state index in [0.29, 0.717) is 19.3 Å². The zero-order chi connectivity index (χ0) is 58.3. The molecule has 0 aromatic rings. The highest BCUT2D eigenvalue weighted by Gasteiger charge is 2.28. The fraction of sp³-hybridized carbons (Fsp3) is 0.721. The van der Waals surface area contributed by atoms with Gasteiger partial charge in [-0.2, -0.15) is 0 Å². The number of hydrogen-bond donors (Lipinski definition) is 2. The molecule has 80 heavy (non-hydrogen) atoms. The Morgan fingerprint density at radius 3 is 1.14 bits per heavy atom. The number of phosphoric ester groups is 1. The minimum Gasteiger partial charge on any atom is -0.462 e. The van der Waals surface area contributed by atoms with Crippen LogP contribution in [0.2, 0.25) is 0 Å². The highest BCUT2D eigenvalue weighted by atomic mass is 31.2. The third-order valence-electron chi connectivity index (χ3n) is 13.5. The van der Waals surface area contributed by atoms with Crippen molar-refractivity contribution in [2.24, 2.45) is 0 Å². The first-order chi connectivity index (χ1) is 39.2. The number of carbonyl (C=O) groups is 3. The summed E-state index contributed by atoms with van der Waals surface area (Å²) in [6.45, 7) is 4.42. The van der Waals surface area contributed by atoms with E-state index in [4.69, 9.17) is 23.3 Å². The Hall–Kier alpha value is -3.60. The van der Waals surface area contributed by atoms with Gasteiger partial charge in [0.1, 0.15) is 12.7 Å². The lowest BCUT2D eigenvalue weighted by atomic mass is 10.1. The van der Waals surface area contributed by atoms with Crippen LogP contribution in [0.3, 0.4) is 0 Å². The monoisotopic (exact) mass is 1140 g/mol. The number of aliphatic hydroxyl groups excluding tert-OH is 1. The summed E-state index contributed by atoms with van der Waals surface area (Å²) in [5.74, 6) is -1.60. The van der Waals surface area contributed by atoms with Crippen molar-refractivity contribution in [3.63, 3.8) is 0 Å². The summed E-state index contributed by atoms with van der Waals surface area (Å²) >= 11 is 0. The fourth-order valence-corrected chi connectivity index (χ4v) is 9.42. The average molecular weight is 1140 g/mol. The van der Waals surface area contributed by atoms with E-state index in [1.54, 1.807) is 6.08 Å². The molecule has 0 heterocycles. The maximum atomic E-state index is 13.0. The van der Waals surface area contributed by atoms with Gasteiger partial charge in [0.15, 0.2) is 6.10 Å². The van der Waals surface area contributed by atoms with Crippen LogP contribution in [0.15, 0.2) is 97.2 Å². The topological polar surface area (TPSA) is 155 Å². The summed E-state index contributed by atoms with van der Waals surface area (Å²) < 4.78 is 39.6. The predicted octanol–water partition coefficient (Wildman–Crippen LogP) is 19.6. The molecule has 0 rings (SSSR count). The number of hydrogen-bond acceptors (Lipinski definition) is 10. The van der Waals surface area contributed by atoms with Crippen LogP contribution in [-0.4, -0.2) is 66.5 Å². The van der Waals surface area contributed by atoms with Gasteiger partial charge in [0.25, 0.3) is 0 Å². The largest absolute Gasteiger partial charge is 0.472 e. The number of rotatable bonds is 59. The Labute approximate surface area is 489 Å². The molecule has 0 aliphatic rings. The molecule has 0 radical (unpaired) electrons. The first-order valence-electron chi connectivity index (χ1n) is 32.1. The number of esters is 3. The Kier molecular flexibility index (Phi) is 58.7. The number of ether oxygens (including phenoxy) is 3. The van der Waals surface area contributed by atoms with Gasteiger partial charge in [-0.15, -0.1) is 0 Å². The van der Waals surface area contributed by atoms with E-state index < -0.39 is 57.8 Å². The van der Waals surface area contributed by atoms with Crippen LogP contribution >= 0.6 is 7.82 Å². The first kappa shape index (κ1) is 76.4. The Balaban J connectivity index is 4.78. The van der Waals surface area contributed by atoms with E-state index in [9.17, 15) is 28.9 Å². The average Bonchev–Trinajstić information content (AvgIpc) is 3.45. The number of aliphatic hydroxyl groups is 1. The maximum Gasteiger partial charge on any atom is 0.472 e. The summed E-state index contributed by atoms with van der Waals surface area (Å²) in [6.07, 6.45) is 73.9. The van der Waals surface area contributed by atoms with Gasteiger partial charge in [-0.05, 0) is 103 Å². The van der Waals surface area contributed by atoms with E-state index in [0.717, 1.165) is 77.0 Å². The van der Waals surface area contributed by atoms with Crippen molar-refractivity contribution >= 4 is 25.7 Å². The summed E-state index contributed by atoms with van der Waals surface area (Å²) in [5, 5.41) is 9.82. The Bertz CT molecular complexity index is 1710. The van der Waals surface area contributed by atoms with Crippen molar-refractivity contribution in [2.75, 3.05) is 26.4 Å². The number of unbranched alkanes of at least 4 members (excludes halogenated alkanes) is 27. The van der Waals surface area contributed by atoms with Crippen LogP contribution in [0.4, 0.5) is 0 Å². The summed E-state index contributed by atoms with van der Waals surface area (Å²) in [5.41, 5.74) is 0. The van der Waals surface area contributed by atoms with Crippen molar-refractivity contribution in [2.45, 2.75) is 290 Å². The molecular formula is C68H117O11P. The zero-order valence-electron chi connectivity index (χ0n) is 51.0. The van der Waals surface area contributed by atoms with Gasteiger partial charge in [-0.25, -0.2) is 4.57 Å². The summed E-state index contributed by atoms with van der Waals surface area (Å²) in [7, 11) is -4.78. The van der Waals surface area contributed by atoms with E-state index in [-0.39, 0.29) is 25.9 Å². The number of carbonyl (C=O) groups excluding carboxylic acids is 3. The molecule has 3 atom stereocenters. The molecule has 12 heteroatoms. The first-order valence-corrected chi connectivity index (χ1v) is 33.6. The molecule has 0 aliphatic carbocycles. The molecule has 0 aromatic heterocycles. The lowest BCUT2D eigenvalue weighted by Gasteiger charge is -2.21. The smallest absolute Gasteiger partial charge is 0.462 e. The predicted molar refractivity (Wildman–Crippen MR) is 334 cm³/mol. The molecule has 3 unspecified atom stereocenters. The van der Waals surface area contributed by atoms with Gasteiger partial charge in [-0.1, -0.05) is 253 Å². The SMILES string of the molecule is CC/C=C\C/C=C\C/C=C\C/C=C\C/C=C\CC(=O)OC(CO)COP(=O)(O)OCC(COC(=O)CCCCCCCCCCC/C=C\C/C=C\CCCCC)OC(=O)CCCCCCCCCCC/C=C\CCCCCCCC. The van der Waals surface area contributed by atoms with E-state index in [1.165, 1.54) is 141 Å². The van der Waals surface area contributed by atoms with Gasteiger partial charge in [0, 0.05) is 12.8 Å². The van der Waals surface area contributed by atoms with Crippen LogP contribution in [-0.2, 0) is 42.2 Å². The molecule has 11 nitrogen and oxygen atoms in total. The lowest BCUT2D eigenvalue weighted by Crippen LogP contribution is -2.30. The molecule has 2 N–H and O–H groups in total. The van der Waals surface area contributed by atoms with Gasteiger partial charge >= 0.3 is 25.7 Å². The molecule has 0 fully saturated rings. The normalized spacial score (nSPS) is 13.9. The summed E-state index contributed by atoms with van der Waals surface area (Å²) in [4.78, 5) is 48.7. The van der Waals surface area contributed by atoms with Crippen LogP contribution in [0.1, 0.15) is 278 Å². The van der Waals surface area contributed by atoms with Gasteiger partial charge in [0.2, 0.25) is 0 Å². The van der Waals surface area contributed by atoms with E-state index in [2.05, 4.69) is 93.7 Å². The van der Waals surface area contributed by atoms with Gasteiger partial charge in [0.05, 0.1) is 26.2 Å². The highest BCUT2D eigenvalue weighted by Crippen LogP contribution is 2.43. The molecule has 0 spiro atoms. The molecule has 0 saturated heterocycles. The summed E-state index contributed by atoms with van der Waals surface area (Å²) in [6, 6.07) is 0. The molecule has 0 saturated carbocycles. The molecule has 460 valence electrons. The third kappa shape index (κ3) is 59.0. The molecule has 0 bridgehead atoms. The van der Waals surface area contributed by atoms with Crippen LogP contribution < -0.4 is 0 Å². The second kappa shape index (κ2) is 61.5. The molecule has 0 aromatic carbocycles. The third-order valence-corrected chi connectivity index (χ3v) is 14.4. The Morgan fingerprint density at radius 1 is 0.375 bits per heavy atom. The molecule has 0 amide bonds. The van der Waals surface area contributed by atoms with E-state index in [1.807, 2.05) is 18.2 Å². The standard InChI is InChI=1S/C68H117O11P/c1-4-7-10-13-16-19-22-25-28-30-32-34-37-39-42-45-48-51-54-57-66(70)75-61-65(79-68(72)59-56-53-50-47-44-41-38-35-33-31-29-26-23-20-17-14-11-8-5-2)63-77-80(73,74)76-62-64(60-69)78-67(71)58-55-52-49-46-43-40-36-27-24-21-18-15-12-9-6-3/h9,12,16,18-19,21,25-29,36,43,46,52,55,64-65,69H,4-8,10-11,13-15,17,20,22-24,30-35,37-42,44-45,47-51,53-54,56-63H2,1-3H3,(H,73,74)/b12-9-,19-16-,21-18-,28-25-,29-26-,36-27-,46-43-,55-52-. The van der Waals surface area contributed by atoms with Crippen molar-refractivity contribution in [1.82, 2.24) is 0 Å². The molecule has 0 aliphatic heterocycles. The van der Waals surface area contributed by atoms with Crippen molar-refractivity contribution < 1.29 is 52.2 Å². The van der Waals surface area contributed by atoms with Crippen LogP contribution in [0, 0.1) is 0 Å². The van der Waals surface area contributed by atoms with E-state index >= 15 is 0 Å². The van der Waals surface area contributed by atoms with Crippen molar-refractivity contribution in [3.05, 3.63) is 97.2 Å². The second-order valence-corrected chi connectivity index (χ2v) is 22.7. The highest BCUT2D eigenvalue weighted by molar-refractivity contribution is 7.47. The fourth-order valence-electron chi connectivity index (χ4n) is 8.63. The molecular weight excluding hydrogens is 1020 g/mol. The van der Waals surface area contributed by atoms with Crippen molar-refractivity contribution in [3.8, 4) is 0 Å². The van der Waals surface area contributed by atoms with Crippen molar-refractivity contribution in [1.29, 1.82) is 0 Å². The number of allylic oxidation sites excluding steroid dienone is 15. The second-order valence-electron chi connectivity index (χ2n) is 21.2. The minimum atomic E-state index is -4.78.